The lowest BCUT2D eigenvalue weighted by atomic mass is 10.1. The Morgan fingerprint density at radius 2 is 2.59 bits per heavy atom. The summed E-state index contributed by atoms with van der Waals surface area (Å²) in [6.07, 6.45) is 4.37. The van der Waals surface area contributed by atoms with E-state index in [-0.39, 0.29) is 0 Å². The molecule has 1 aromatic rings. The van der Waals surface area contributed by atoms with Gasteiger partial charge in [-0.05, 0) is 13.0 Å². The predicted octanol–water partition coefficient (Wildman–Crippen LogP) is 2.19. The number of aromatic nitrogens is 1. The fourth-order valence-corrected chi connectivity index (χ4v) is 3.56. The lowest BCUT2D eigenvalue weighted by Gasteiger charge is -2.30. The molecule has 0 radical (unpaired) electrons. The van der Waals surface area contributed by atoms with Gasteiger partial charge in [-0.25, -0.2) is 4.98 Å². The van der Waals surface area contributed by atoms with Crippen LogP contribution in [-0.2, 0) is 11.2 Å². The molecule has 0 aliphatic carbocycles. The Bertz CT molecular complexity index is 299. The number of thioether (sulfide) groups is 1. The zero-order chi connectivity index (χ0) is 11.9. The summed E-state index contributed by atoms with van der Waals surface area (Å²) in [6, 6.07) is 0.411. The maximum absolute atomic E-state index is 5.88. The van der Waals surface area contributed by atoms with Crippen LogP contribution in [0, 0.1) is 0 Å². The molecule has 1 aliphatic heterocycles. The Labute approximate surface area is 111 Å². The maximum atomic E-state index is 5.88. The van der Waals surface area contributed by atoms with E-state index in [0.717, 1.165) is 37.5 Å². The van der Waals surface area contributed by atoms with Crippen LogP contribution in [0.1, 0.15) is 18.4 Å². The Balaban J connectivity index is 1.91. The van der Waals surface area contributed by atoms with Gasteiger partial charge in [0.1, 0.15) is 0 Å². The maximum Gasteiger partial charge on any atom is 0.0941 e. The monoisotopic (exact) mass is 272 g/mol. The number of nitrogens with one attached hydrogen (secondary N) is 1. The molecule has 0 amide bonds. The van der Waals surface area contributed by atoms with Gasteiger partial charge >= 0.3 is 0 Å². The second-order valence-electron chi connectivity index (χ2n) is 4.17. The summed E-state index contributed by atoms with van der Waals surface area (Å²) < 4.78 is 5.88. The van der Waals surface area contributed by atoms with E-state index in [0.29, 0.717) is 12.1 Å². The van der Waals surface area contributed by atoms with Crippen LogP contribution < -0.4 is 5.32 Å². The zero-order valence-electron chi connectivity index (χ0n) is 10.2. The van der Waals surface area contributed by atoms with Gasteiger partial charge in [-0.3, -0.25) is 0 Å². The van der Waals surface area contributed by atoms with E-state index in [4.69, 9.17) is 4.74 Å². The second kappa shape index (κ2) is 7.36. The van der Waals surface area contributed by atoms with Crippen LogP contribution in [-0.4, -0.2) is 41.8 Å². The van der Waals surface area contributed by atoms with Gasteiger partial charge in [-0.2, -0.15) is 11.8 Å². The van der Waals surface area contributed by atoms with Crippen molar-refractivity contribution < 1.29 is 4.74 Å². The van der Waals surface area contributed by atoms with E-state index in [1.54, 1.807) is 11.3 Å². The van der Waals surface area contributed by atoms with Gasteiger partial charge in [0.2, 0.25) is 0 Å². The highest BCUT2D eigenvalue weighted by atomic mass is 32.2. The molecular weight excluding hydrogens is 252 g/mol. The predicted molar refractivity (Wildman–Crippen MR) is 75.0 cm³/mol. The number of hydrogen-bond donors (Lipinski definition) is 1. The van der Waals surface area contributed by atoms with E-state index in [1.165, 1.54) is 5.01 Å². The van der Waals surface area contributed by atoms with Crippen LogP contribution in [0.15, 0.2) is 11.6 Å². The van der Waals surface area contributed by atoms with Gasteiger partial charge in [-0.15, -0.1) is 11.3 Å². The van der Waals surface area contributed by atoms with Gasteiger partial charge in [0, 0.05) is 35.5 Å². The fraction of sp³-hybridized carbons (Fsp3) is 0.750. The van der Waals surface area contributed by atoms with Crippen LogP contribution in [0.5, 0.6) is 0 Å². The first-order chi connectivity index (χ1) is 8.40. The summed E-state index contributed by atoms with van der Waals surface area (Å²) in [4.78, 5) is 4.38. The van der Waals surface area contributed by atoms with E-state index in [1.807, 2.05) is 23.3 Å². The lowest BCUT2D eigenvalue weighted by molar-refractivity contribution is 0.0472. The number of ether oxygens (including phenoxy) is 1. The van der Waals surface area contributed by atoms with Crippen molar-refractivity contribution in [2.45, 2.75) is 31.9 Å². The SMILES string of the molecule is CCCNC(Cc1nccs1)C1CSCCO1. The summed E-state index contributed by atoms with van der Waals surface area (Å²) >= 11 is 3.73. The molecule has 2 heterocycles. The van der Waals surface area contributed by atoms with Crippen LogP contribution in [0.3, 0.4) is 0 Å². The highest BCUT2D eigenvalue weighted by Gasteiger charge is 2.25. The summed E-state index contributed by atoms with van der Waals surface area (Å²) in [5, 5.41) is 6.86. The minimum Gasteiger partial charge on any atom is -0.375 e. The minimum atomic E-state index is 0.337. The first-order valence-electron chi connectivity index (χ1n) is 6.21. The first kappa shape index (κ1) is 13.3. The molecule has 96 valence electrons. The molecule has 5 heteroatoms. The van der Waals surface area contributed by atoms with E-state index < -0.39 is 0 Å². The van der Waals surface area contributed by atoms with Crippen LogP contribution in [0.25, 0.3) is 0 Å². The molecule has 17 heavy (non-hydrogen) atoms. The molecule has 2 atom stereocenters. The Morgan fingerprint density at radius 3 is 3.24 bits per heavy atom. The second-order valence-corrected chi connectivity index (χ2v) is 6.30. The van der Waals surface area contributed by atoms with Crippen molar-refractivity contribution in [1.29, 1.82) is 0 Å². The number of thiazole rings is 1. The molecule has 1 N–H and O–H groups in total. The normalized spacial score (nSPS) is 22.5. The Kier molecular flexibility index (Phi) is 5.77. The highest BCUT2D eigenvalue weighted by molar-refractivity contribution is 7.99. The van der Waals surface area contributed by atoms with Gasteiger partial charge in [0.05, 0.1) is 17.7 Å². The molecule has 2 rings (SSSR count). The standard InChI is InChI=1S/C12H20N2OS2/c1-2-3-13-10(8-12-14-4-6-17-12)11-9-16-7-5-15-11/h4,6,10-11,13H,2-3,5,7-9H2,1H3. The largest absolute Gasteiger partial charge is 0.375 e. The topological polar surface area (TPSA) is 34.2 Å². The molecule has 1 aliphatic rings. The summed E-state index contributed by atoms with van der Waals surface area (Å²) in [7, 11) is 0. The lowest BCUT2D eigenvalue weighted by Crippen LogP contribution is -2.46. The third-order valence-electron chi connectivity index (χ3n) is 2.83. The van der Waals surface area contributed by atoms with Crippen LogP contribution >= 0.6 is 23.1 Å². The molecule has 3 nitrogen and oxygen atoms in total. The number of nitrogens with zero attached hydrogens (tertiary/aromatic N) is 1. The smallest absolute Gasteiger partial charge is 0.0941 e. The van der Waals surface area contributed by atoms with Crippen molar-refractivity contribution in [3.63, 3.8) is 0 Å². The first-order valence-corrected chi connectivity index (χ1v) is 8.24. The average molecular weight is 272 g/mol. The molecule has 0 saturated carbocycles. The van der Waals surface area contributed by atoms with Gasteiger partial charge in [0.15, 0.2) is 0 Å². The molecule has 0 spiro atoms. The number of hydrogen-bond acceptors (Lipinski definition) is 5. The highest BCUT2D eigenvalue weighted by Crippen LogP contribution is 2.19. The van der Waals surface area contributed by atoms with Gasteiger partial charge in [-0.1, -0.05) is 6.92 Å². The zero-order valence-corrected chi connectivity index (χ0v) is 11.9. The average Bonchev–Trinajstić information content (AvgIpc) is 2.88. The molecule has 1 fully saturated rings. The van der Waals surface area contributed by atoms with Crippen LogP contribution in [0.2, 0.25) is 0 Å². The third-order valence-corrected chi connectivity index (χ3v) is 4.65. The van der Waals surface area contributed by atoms with Crippen molar-refractivity contribution in [2.75, 3.05) is 24.7 Å². The van der Waals surface area contributed by atoms with Crippen molar-refractivity contribution in [2.24, 2.45) is 0 Å². The Morgan fingerprint density at radius 1 is 1.65 bits per heavy atom. The van der Waals surface area contributed by atoms with E-state index in [9.17, 15) is 0 Å². The molecule has 1 aromatic heterocycles. The van der Waals surface area contributed by atoms with Crippen molar-refractivity contribution in [1.82, 2.24) is 10.3 Å². The van der Waals surface area contributed by atoms with Gasteiger partial charge in [0.25, 0.3) is 0 Å². The molecule has 2 unspecified atom stereocenters. The van der Waals surface area contributed by atoms with Crippen molar-refractivity contribution >= 4 is 23.1 Å². The molecule has 1 saturated heterocycles. The quantitative estimate of drug-likeness (QED) is 0.861. The van der Waals surface area contributed by atoms with E-state index in [2.05, 4.69) is 17.2 Å². The third kappa shape index (κ3) is 4.25. The summed E-state index contributed by atoms with van der Waals surface area (Å²) in [6.45, 7) is 4.14. The fourth-order valence-electron chi connectivity index (χ4n) is 1.95. The van der Waals surface area contributed by atoms with E-state index >= 15 is 0 Å². The number of rotatable bonds is 6. The van der Waals surface area contributed by atoms with Gasteiger partial charge < -0.3 is 10.1 Å². The summed E-state index contributed by atoms with van der Waals surface area (Å²) in [5.41, 5.74) is 0. The minimum absolute atomic E-state index is 0.337. The van der Waals surface area contributed by atoms with Crippen LogP contribution in [0.4, 0.5) is 0 Å². The van der Waals surface area contributed by atoms with Crippen molar-refractivity contribution in [3.05, 3.63) is 16.6 Å². The Hall–Kier alpha value is -0.100. The molecular formula is C12H20N2OS2. The molecule has 0 aromatic carbocycles. The summed E-state index contributed by atoms with van der Waals surface area (Å²) in [5.74, 6) is 2.24. The van der Waals surface area contributed by atoms with Crippen molar-refractivity contribution in [3.8, 4) is 0 Å². The molecule has 0 bridgehead atoms.